The van der Waals surface area contributed by atoms with E-state index in [0.29, 0.717) is 0 Å². The molecule has 0 saturated heterocycles. The average molecular weight is 145 g/mol. The first-order valence-electron chi connectivity index (χ1n) is 3.44. The molecule has 0 saturated carbocycles. The summed E-state index contributed by atoms with van der Waals surface area (Å²) in [7, 11) is 0. The quantitative estimate of drug-likeness (QED) is 0.542. The molecule has 0 bridgehead atoms. The maximum absolute atomic E-state index is 8.73. The minimum absolute atomic E-state index is 0.227. The Bertz CT molecular complexity index is 306. The first-order chi connectivity index (χ1) is 5.37. The Morgan fingerprint density at radius 2 is 2.64 bits per heavy atom. The third kappa shape index (κ3) is 0.695. The molecule has 0 fully saturated rings. The van der Waals surface area contributed by atoms with Crippen LogP contribution in [0.3, 0.4) is 0 Å². The third-order valence-corrected chi connectivity index (χ3v) is 2.02. The fourth-order valence-electron chi connectivity index (χ4n) is 1.34. The summed E-state index contributed by atoms with van der Waals surface area (Å²) in [5.41, 5.74) is 0.494. The van der Waals surface area contributed by atoms with E-state index in [0.717, 1.165) is 12.1 Å². The normalized spacial score (nSPS) is 32.1. The largest absolute Gasteiger partial charge is 0.389 e. The van der Waals surface area contributed by atoms with E-state index >= 15 is 0 Å². The van der Waals surface area contributed by atoms with Crippen molar-refractivity contribution in [2.45, 2.75) is 0 Å². The Balaban J connectivity index is 2.41. The van der Waals surface area contributed by atoms with E-state index in [1.54, 1.807) is 6.20 Å². The molecule has 54 valence electrons. The van der Waals surface area contributed by atoms with E-state index in [1.807, 2.05) is 18.5 Å². The smallest absolute Gasteiger partial charge is 0.0977 e. The molecule has 2 rings (SSSR count). The molecule has 0 aromatic rings. The second-order valence-corrected chi connectivity index (χ2v) is 2.69. The number of aliphatic imine (C=N–C) groups is 1. The highest BCUT2D eigenvalue weighted by atomic mass is 14.9. The van der Waals surface area contributed by atoms with Crippen LogP contribution in [0.2, 0.25) is 0 Å². The molecule has 0 amide bonds. The maximum atomic E-state index is 8.73. The molecular weight excluding hydrogens is 138 g/mol. The van der Waals surface area contributed by atoms with Gasteiger partial charge in [-0.2, -0.15) is 5.26 Å². The van der Waals surface area contributed by atoms with E-state index in [4.69, 9.17) is 5.26 Å². The number of nitrogens with zero attached hydrogens (tertiary/aromatic N) is 2. The summed E-state index contributed by atoms with van der Waals surface area (Å²) in [6, 6.07) is 2.14. The van der Waals surface area contributed by atoms with Gasteiger partial charge in [0.05, 0.1) is 17.1 Å². The van der Waals surface area contributed by atoms with Crippen molar-refractivity contribution in [1.82, 2.24) is 5.32 Å². The molecule has 2 aliphatic rings. The zero-order valence-electron chi connectivity index (χ0n) is 5.91. The van der Waals surface area contributed by atoms with Gasteiger partial charge in [0.1, 0.15) is 0 Å². The molecule has 0 aromatic heterocycles. The molecule has 1 unspecified atom stereocenters. The van der Waals surface area contributed by atoms with E-state index in [9.17, 15) is 0 Å². The van der Waals surface area contributed by atoms with Gasteiger partial charge in [-0.25, -0.2) is 0 Å². The molecule has 3 nitrogen and oxygen atoms in total. The molecular formula is C8H7N3. The summed E-state index contributed by atoms with van der Waals surface area (Å²) < 4.78 is 0. The molecule has 1 spiro atoms. The van der Waals surface area contributed by atoms with Crippen LogP contribution in [0.15, 0.2) is 29.0 Å². The van der Waals surface area contributed by atoms with Gasteiger partial charge in [0.25, 0.3) is 0 Å². The van der Waals surface area contributed by atoms with Crippen molar-refractivity contribution in [2.75, 3.05) is 6.54 Å². The predicted molar refractivity (Wildman–Crippen MR) is 41.8 cm³/mol. The van der Waals surface area contributed by atoms with Crippen LogP contribution in [-0.4, -0.2) is 12.8 Å². The third-order valence-electron chi connectivity index (χ3n) is 2.02. The number of rotatable bonds is 0. The summed E-state index contributed by atoms with van der Waals surface area (Å²) in [6.45, 7) is 0.760. The zero-order chi connectivity index (χ0) is 7.73. The summed E-state index contributed by atoms with van der Waals surface area (Å²) in [5.74, 6) is 0. The van der Waals surface area contributed by atoms with Crippen LogP contribution >= 0.6 is 0 Å². The summed E-state index contributed by atoms with van der Waals surface area (Å²) >= 11 is 0. The van der Waals surface area contributed by atoms with Crippen LogP contribution in [0.1, 0.15) is 0 Å². The van der Waals surface area contributed by atoms with Crippen molar-refractivity contribution in [1.29, 1.82) is 5.26 Å². The van der Waals surface area contributed by atoms with Crippen molar-refractivity contribution in [3.05, 3.63) is 24.0 Å². The fraction of sp³-hybridized carbons (Fsp3) is 0.250. The van der Waals surface area contributed by atoms with Crippen LogP contribution in [-0.2, 0) is 0 Å². The number of hydrogen-bond acceptors (Lipinski definition) is 3. The number of nitrogens with one attached hydrogen (secondary N) is 1. The van der Waals surface area contributed by atoms with Crippen LogP contribution in [0.25, 0.3) is 0 Å². The minimum atomic E-state index is -0.227. The van der Waals surface area contributed by atoms with Gasteiger partial charge in [-0.1, -0.05) is 6.08 Å². The van der Waals surface area contributed by atoms with E-state index < -0.39 is 0 Å². The molecule has 2 heterocycles. The highest BCUT2D eigenvalue weighted by Crippen LogP contribution is 2.32. The van der Waals surface area contributed by atoms with Gasteiger partial charge < -0.3 is 5.32 Å². The molecule has 3 heteroatoms. The Hall–Kier alpha value is -1.56. The standard InChI is InChI=1S/C8H7N3/c9-3-7-4-11-6-8(7)1-2-10-5-8/h1-2,4,6,10H,5H2. The van der Waals surface area contributed by atoms with Crippen molar-refractivity contribution >= 4 is 6.21 Å². The Morgan fingerprint density at radius 3 is 3.27 bits per heavy atom. The first kappa shape index (κ1) is 6.17. The van der Waals surface area contributed by atoms with Crippen molar-refractivity contribution < 1.29 is 0 Å². The molecule has 2 aliphatic heterocycles. The first-order valence-corrected chi connectivity index (χ1v) is 3.44. The lowest BCUT2D eigenvalue weighted by molar-refractivity contribution is 0.677. The van der Waals surface area contributed by atoms with Gasteiger partial charge in [-0.3, -0.25) is 4.99 Å². The van der Waals surface area contributed by atoms with Gasteiger partial charge in [-0.05, 0) is 6.20 Å². The van der Waals surface area contributed by atoms with Crippen molar-refractivity contribution in [3.63, 3.8) is 0 Å². The summed E-state index contributed by atoms with van der Waals surface area (Å²) in [4.78, 5) is 3.97. The van der Waals surface area contributed by atoms with Gasteiger partial charge in [0.2, 0.25) is 0 Å². The second-order valence-electron chi connectivity index (χ2n) is 2.69. The van der Waals surface area contributed by atoms with Gasteiger partial charge in [0.15, 0.2) is 0 Å². The Labute approximate surface area is 64.7 Å². The van der Waals surface area contributed by atoms with E-state index in [1.165, 1.54) is 0 Å². The Kier molecular flexibility index (Phi) is 1.10. The number of nitriles is 1. The molecule has 0 radical (unpaired) electrons. The highest BCUT2D eigenvalue weighted by Gasteiger charge is 2.35. The second kappa shape index (κ2) is 1.96. The monoisotopic (exact) mass is 145 g/mol. The zero-order valence-corrected chi connectivity index (χ0v) is 5.91. The van der Waals surface area contributed by atoms with Crippen LogP contribution in [0, 0.1) is 16.7 Å². The molecule has 1 atom stereocenters. The minimum Gasteiger partial charge on any atom is -0.389 e. The van der Waals surface area contributed by atoms with Crippen molar-refractivity contribution in [2.24, 2.45) is 10.4 Å². The predicted octanol–water partition coefficient (Wildman–Crippen LogP) is 0.582. The van der Waals surface area contributed by atoms with E-state index in [2.05, 4.69) is 16.4 Å². The lowest BCUT2D eigenvalue weighted by Crippen LogP contribution is -2.25. The summed E-state index contributed by atoms with van der Waals surface area (Å²) in [5, 5.41) is 11.8. The fourth-order valence-corrected chi connectivity index (χ4v) is 1.34. The molecule has 0 aliphatic carbocycles. The molecule has 1 N–H and O–H groups in total. The topological polar surface area (TPSA) is 48.2 Å². The van der Waals surface area contributed by atoms with Gasteiger partial charge in [-0.15, -0.1) is 0 Å². The highest BCUT2D eigenvalue weighted by molar-refractivity contribution is 5.80. The van der Waals surface area contributed by atoms with Gasteiger partial charge in [0, 0.05) is 19.0 Å². The molecule has 11 heavy (non-hydrogen) atoms. The molecule has 0 aromatic carbocycles. The number of hydrogen-bond donors (Lipinski definition) is 1. The van der Waals surface area contributed by atoms with Crippen LogP contribution in [0.4, 0.5) is 0 Å². The van der Waals surface area contributed by atoms with Crippen molar-refractivity contribution in [3.8, 4) is 6.07 Å². The summed E-state index contributed by atoms with van der Waals surface area (Å²) in [6.07, 6.45) is 7.26. The lowest BCUT2D eigenvalue weighted by Gasteiger charge is -2.15. The lowest BCUT2D eigenvalue weighted by atomic mass is 9.85. The Morgan fingerprint density at radius 1 is 1.73 bits per heavy atom. The van der Waals surface area contributed by atoms with Crippen LogP contribution < -0.4 is 5.32 Å². The maximum Gasteiger partial charge on any atom is 0.0977 e. The van der Waals surface area contributed by atoms with E-state index in [-0.39, 0.29) is 5.41 Å². The SMILES string of the molecule is N#CC1=CN=CC12C=CNC2. The van der Waals surface area contributed by atoms with Crippen LogP contribution in [0.5, 0.6) is 0 Å². The average Bonchev–Trinajstić information content (AvgIpc) is 2.62. The van der Waals surface area contributed by atoms with Gasteiger partial charge >= 0.3 is 0 Å².